The van der Waals surface area contributed by atoms with E-state index in [0.29, 0.717) is 5.92 Å². The van der Waals surface area contributed by atoms with Crippen LogP contribution in [0.5, 0.6) is 0 Å². The molecular weight excluding hydrogens is 957 g/mol. The van der Waals surface area contributed by atoms with E-state index in [1.165, 1.54) is 132 Å². The lowest BCUT2D eigenvalue weighted by Gasteiger charge is -2.29. The van der Waals surface area contributed by atoms with Crippen molar-refractivity contribution < 1.29 is 0 Å². The first-order valence-electron chi connectivity index (χ1n) is 28.1. The third-order valence-electron chi connectivity index (χ3n) is 17.1. The topological polar surface area (TPSA) is 15.3 Å². The minimum absolute atomic E-state index is 0.382. The Labute approximate surface area is 461 Å². The van der Waals surface area contributed by atoms with Gasteiger partial charge in [0.15, 0.2) is 0 Å². The van der Waals surface area contributed by atoms with E-state index in [9.17, 15) is 0 Å². The average molecular weight is 1020 g/mol. The van der Waals surface area contributed by atoms with E-state index in [-0.39, 0.29) is 0 Å². The third kappa shape index (κ3) is 7.13. The summed E-state index contributed by atoms with van der Waals surface area (Å²) < 4.78 is 5.14. The molecule has 4 heteroatoms. The maximum absolute atomic E-state index is 2.57. The van der Waals surface area contributed by atoms with E-state index in [4.69, 9.17) is 0 Å². The highest BCUT2D eigenvalue weighted by Gasteiger charge is 2.29. The first-order valence-corrected chi connectivity index (χ1v) is 28.1. The summed E-state index contributed by atoms with van der Waals surface area (Å²) in [5.74, 6) is 0.382. The lowest BCUT2D eigenvalue weighted by Crippen LogP contribution is -2.12. The van der Waals surface area contributed by atoms with Gasteiger partial charge in [-0.15, -0.1) is 0 Å². The summed E-state index contributed by atoms with van der Waals surface area (Å²) in [5.41, 5.74) is 26.7. The first-order chi connectivity index (χ1) is 38.6. The van der Waals surface area contributed by atoms with E-state index in [1.54, 1.807) is 0 Å². The van der Waals surface area contributed by atoms with Gasteiger partial charge in [-0.3, -0.25) is 0 Å². The summed E-state index contributed by atoms with van der Waals surface area (Å²) in [7, 11) is 0. The van der Waals surface area contributed by atoms with Crippen molar-refractivity contribution in [2.24, 2.45) is 0 Å². The number of rotatable bonds is 10. The van der Waals surface area contributed by atoms with Gasteiger partial charge in [0.1, 0.15) is 0 Å². The van der Waals surface area contributed by atoms with Crippen LogP contribution in [0, 0.1) is 27.7 Å². The Hall–Kier alpha value is -9.38. The van der Waals surface area contributed by atoms with Crippen LogP contribution in [0.3, 0.4) is 0 Å². The number of aryl methyl sites for hydroxylation is 5. The summed E-state index contributed by atoms with van der Waals surface area (Å²) in [6.07, 6.45) is 0.961. The molecule has 0 aliphatic rings. The van der Waals surface area contributed by atoms with Gasteiger partial charge in [0.05, 0.1) is 55.8 Å². The van der Waals surface area contributed by atoms with E-state index in [1.807, 2.05) is 0 Å². The van der Waals surface area contributed by atoms with Crippen LogP contribution in [0.25, 0.3) is 98.4 Å². The van der Waals surface area contributed by atoms with Crippen molar-refractivity contribution in [3.63, 3.8) is 0 Å². The molecule has 4 aromatic heterocycles. The lowest BCUT2D eigenvalue weighted by molar-refractivity contribution is 0.867. The molecule has 0 aliphatic heterocycles. The van der Waals surface area contributed by atoms with Crippen LogP contribution in [0.4, 0.5) is 34.1 Å². The normalized spacial score (nSPS) is 12.2. The van der Waals surface area contributed by atoms with E-state index >= 15 is 0 Å². The maximum atomic E-state index is 2.57. The van der Waals surface area contributed by atoms with Gasteiger partial charge in [0.2, 0.25) is 0 Å². The maximum Gasteiger partial charge on any atom is 0.0641 e. The molecule has 0 unspecified atom stereocenters. The number of nitrogens with zero attached hydrogens (tertiary/aromatic N) is 4. The van der Waals surface area contributed by atoms with Gasteiger partial charge >= 0.3 is 0 Å². The number of anilines is 6. The van der Waals surface area contributed by atoms with E-state index < -0.39 is 0 Å². The summed E-state index contributed by atoms with van der Waals surface area (Å²) in [5, 5.41) is 9.98. The summed E-state index contributed by atoms with van der Waals surface area (Å²) in [6.45, 7) is 15.6. The monoisotopic (exact) mass is 1020 g/mol. The van der Waals surface area contributed by atoms with Crippen molar-refractivity contribution in [3.8, 4) is 22.3 Å². The fourth-order valence-corrected chi connectivity index (χ4v) is 13.2. The summed E-state index contributed by atoms with van der Waals surface area (Å²) in [6, 6.07) is 83.0. The molecule has 0 atom stereocenters. The van der Waals surface area contributed by atoms with Crippen LogP contribution in [0.15, 0.2) is 218 Å². The van der Waals surface area contributed by atoms with Gasteiger partial charge in [-0.05, 0) is 147 Å². The van der Waals surface area contributed by atoms with Crippen LogP contribution in [0.2, 0.25) is 0 Å². The van der Waals surface area contributed by atoms with Gasteiger partial charge in [0, 0.05) is 65.6 Å². The number of aromatic nitrogens is 2. The fourth-order valence-electron chi connectivity index (χ4n) is 13.2. The molecule has 0 N–H and O–H groups in total. The smallest absolute Gasteiger partial charge is 0.0641 e. The quantitative estimate of drug-likeness (QED) is 0.136. The molecule has 0 amide bonds. The largest absolute Gasteiger partial charge is 0.309 e. The summed E-state index contributed by atoms with van der Waals surface area (Å²) in [4.78, 5) is 5.05. The molecule has 0 spiro atoms. The molecule has 0 aliphatic carbocycles. The van der Waals surface area contributed by atoms with Crippen molar-refractivity contribution in [1.29, 1.82) is 0 Å². The number of para-hydroxylation sites is 2. The van der Waals surface area contributed by atoms with Crippen molar-refractivity contribution in [2.75, 3.05) is 9.80 Å². The molecule has 4 nitrogen and oxygen atoms in total. The van der Waals surface area contributed by atoms with Gasteiger partial charge < -0.3 is 18.6 Å². The number of hydrogen-bond donors (Lipinski definition) is 0. The van der Waals surface area contributed by atoms with Crippen LogP contribution >= 0.6 is 0 Å². The molecule has 0 radical (unpaired) electrons. The van der Waals surface area contributed by atoms with Gasteiger partial charge in [0.25, 0.3) is 0 Å². The van der Waals surface area contributed by atoms with Crippen LogP contribution in [-0.4, -0.2) is 8.80 Å². The van der Waals surface area contributed by atoms with Gasteiger partial charge in [-0.25, -0.2) is 0 Å². The average Bonchev–Trinajstić information content (AvgIpc) is 4.38. The van der Waals surface area contributed by atoms with Crippen LogP contribution < -0.4 is 9.80 Å². The third-order valence-corrected chi connectivity index (χ3v) is 17.1. The van der Waals surface area contributed by atoms with Crippen molar-refractivity contribution in [3.05, 3.63) is 252 Å². The van der Waals surface area contributed by atoms with Crippen molar-refractivity contribution >= 4 is 110 Å². The highest BCUT2D eigenvalue weighted by molar-refractivity contribution is 6.32. The zero-order chi connectivity index (χ0) is 53.4. The molecule has 4 heterocycles. The Morgan fingerprint density at radius 2 is 0.810 bits per heavy atom. The second kappa shape index (κ2) is 17.8. The highest BCUT2D eigenvalue weighted by Crippen LogP contribution is 2.53. The van der Waals surface area contributed by atoms with E-state index in [0.717, 1.165) is 40.5 Å². The Kier molecular flexibility index (Phi) is 10.6. The molecule has 0 saturated carbocycles. The van der Waals surface area contributed by atoms with Crippen molar-refractivity contribution in [2.45, 2.75) is 60.8 Å². The van der Waals surface area contributed by atoms with Crippen LogP contribution in [0.1, 0.15) is 60.1 Å². The SMILES string of the molecule is CCc1ccc(N(c2ccc(C)cc2)c2ccc3c4cc5c(cc4n4c6ccccc6c2c34)c2ccc(N(c3ccc(C)cc3)c3ccc(C(C)C)cc3-c3cccc(C)c3)c3c4ccccc4n5c23)c(-c2cccc(C)c2)c1. The molecule has 0 saturated heterocycles. The second-order valence-corrected chi connectivity index (χ2v) is 22.5. The Balaban J connectivity index is 1.01. The zero-order valence-electron chi connectivity index (χ0n) is 45.9. The molecule has 0 fully saturated rings. The molecule has 15 rings (SSSR count). The lowest BCUT2D eigenvalue weighted by atomic mass is 9.94. The molecule has 15 aromatic rings. The van der Waals surface area contributed by atoms with Gasteiger partial charge in [-0.2, -0.15) is 0 Å². The van der Waals surface area contributed by atoms with E-state index in [2.05, 4.69) is 285 Å². The molecule has 0 bridgehead atoms. The molecular formula is C75H60N4. The predicted molar refractivity (Wildman–Crippen MR) is 338 cm³/mol. The Morgan fingerprint density at radius 1 is 0.354 bits per heavy atom. The molecule has 11 aromatic carbocycles. The number of hydrogen-bond acceptors (Lipinski definition) is 2. The van der Waals surface area contributed by atoms with Gasteiger partial charge in [-0.1, -0.05) is 176 Å². The minimum Gasteiger partial charge on any atom is -0.309 e. The minimum atomic E-state index is 0.382. The zero-order valence-corrected chi connectivity index (χ0v) is 45.9. The highest BCUT2D eigenvalue weighted by atomic mass is 15.2. The second-order valence-electron chi connectivity index (χ2n) is 22.5. The molecule has 380 valence electrons. The fraction of sp³-hybridized carbons (Fsp3) is 0.120. The Bertz CT molecular complexity index is 4900. The standard InChI is InChI=1S/C75H60N4/c1-8-50-27-35-66(60(41-50)52-17-13-15-48(6)39-52)76(54-29-23-46(4)24-30-54)68-37-33-56-62-43-71-63(44-70(62)78-64-21-11-9-19-58(64)72(68)74(56)78)57-34-38-69(73-59-20-10-12-22-65(59)79(71)75(57)73)77(55-31-25-47(5)26-32-55)67-36-28-51(45(2)3)42-61(67)53-18-14-16-49(7)40-53/h9-45H,8H2,1-7H3. The summed E-state index contributed by atoms with van der Waals surface area (Å²) >= 11 is 0. The number of benzene rings is 11. The molecule has 79 heavy (non-hydrogen) atoms. The van der Waals surface area contributed by atoms with Crippen LogP contribution in [-0.2, 0) is 6.42 Å². The predicted octanol–water partition coefficient (Wildman–Crippen LogP) is 21.2. The van der Waals surface area contributed by atoms with Crippen molar-refractivity contribution in [1.82, 2.24) is 8.80 Å². The number of fused-ring (bicyclic) bond motifs is 12. The Morgan fingerprint density at radius 3 is 1.28 bits per heavy atom. The first kappa shape index (κ1) is 46.9.